The van der Waals surface area contributed by atoms with Gasteiger partial charge in [-0.3, -0.25) is 9.69 Å². The fourth-order valence-corrected chi connectivity index (χ4v) is 3.08. The van der Waals surface area contributed by atoms with E-state index in [2.05, 4.69) is 52.7 Å². The molecule has 1 aliphatic heterocycles. The molecule has 0 aromatic heterocycles. The summed E-state index contributed by atoms with van der Waals surface area (Å²) in [5.41, 5.74) is 0.504. The molecule has 2 aromatic rings. The molecule has 1 N–H and O–H groups in total. The Hall–Kier alpha value is -1.91. The van der Waals surface area contributed by atoms with Crippen molar-refractivity contribution in [2.45, 2.75) is 19.1 Å². The second-order valence-electron chi connectivity index (χ2n) is 6.05. The van der Waals surface area contributed by atoms with Crippen LogP contribution in [0.2, 0.25) is 0 Å². The Kier molecular flexibility index (Phi) is 4.14. The largest absolute Gasteiger partial charge is 0.363 e. The molecule has 3 rings (SSSR count). The van der Waals surface area contributed by atoms with Crippen LogP contribution in [-0.2, 0) is 16.1 Å². The van der Waals surface area contributed by atoms with Crippen LogP contribution in [0.15, 0.2) is 42.5 Å². The van der Waals surface area contributed by atoms with Crippen molar-refractivity contribution in [1.82, 2.24) is 10.2 Å². The van der Waals surface area contributed by atoms with E-state index in [1.807, 2.05) is 6.92 Å². The second kappa shape index (κ2) is 6.07. The Labute approximate surface area is 131 Å². The number of amides is 1. The van der Waals surface area contributed by atoms with Crippen LogP contribution >= 0.6 is 0 Å². The molecule has 1 unspecified atom stereocenters. The molecule has 0 bridgehead atoms. The number of likely N-dealkylation sites (N-methyl/N-ethyl adjacent to an activating group) is 1. The van der Waals surface area contributed by atoms with Gasteiger partial charge >= 0.3 is 0 Å². The highest BCUT2D eigenvalue weighted by Gasteiger charge is 2.38. The van der Waals surface area contributed by atoms with Gasteiger partial charge < -0.3 is 10.1 Å². The molecule has 0 saturated carbocycles. The number of benzene rings is 2. The molecule has 1 heterocycles. The second-order valence-corrected chi connectivity index (χ2v) is 6.05. The Morgan fingerprint density at radius 3 is 2.82 bits per heavy atom. The number of hydrogen-bond donors (Lipinski definition) is 1. The van der Waals surface area contributed by atoms with Crippen molar-refractivity contribution < 1.29 is 9.53 Å². The molecular weight excluding hydrogens is 276 g/mol. The van der Waals surface area contributed by atoms with E-state index in [0.717, 1.165) is 13.1 Å². The topological polar surface area (TPSA) is 41.6 Å². The smallest absolute Gasteiger partial charge is 0.253 e. The van der Waals surface area contributed by atoms with Crippen LogP contribution in [0.4, 0.5) is 0 Å². The molecule has 1 atom stereocenters. The predicted molar refractivity (Wildman–Crippen MR) is 87.6 cm³/mol. The van der Waals surface area contributed by atoms with Crippen LogP contribution in [0, 0.1) is 0 Å². The lowest BCUT2D eigenvalue weighted by atomic mass is 10.0. The van der Waals surface area contributed by atoms with Crippen molar-refractivity contribution in [3.8, 4) is 0 Å². The molecule has 0 radical (unpaired) electrons. The van der Waals surface area contributed by atoms with Crippen molar-refractivity contribution in [1.29, 1.82) is 0 Å². The highest BCUT2D eigenvalue weighted by molar-refractivity contribution is 5.85. The number of fused-ring (bicyclic) bond motifs is 1. The third-order valence-corrected chi connectivity index (χ3v) is 4.28. The first kappa shape index (κ1) is 15.0. The third-order valence-electron chi connectivity index (χ3n) is 4.28. The van der Waals surface area contributed by atoms with Gasteiger partial charge in [-0.05, 0) is 29.3 Å². The molecule has 22 heavy (non-hydrogen) atoms. The number of ether oxygens (including phenoxy) is 1. The normalized spacial score (nSPS) is 22.6. The molecule has 2 aromatic carbocycles. The van der Waals surface area contributed by atoms with E-state index < -0.39 is 5.60 Å². The summed E-state index contributed by atoms with van der Waals surface area (Å²) >= 11 is 0. The Morgan fingerprint density at radius 2 is 2.05 bits per heavy atom. The number of carbonyl (C=O) groups excluding carboxylic acids is 1. The molecule has 0 aliphatic carbocycles. The summed E-state index contributed by atoms with van der Waals surface area (Å²) in [6, 6.07) is 14.9. The average molecular weight is 298 g/mol. The van der Waals surface area contributed by atoms with Gasteiger partial charge in [0.25, 0.3) is 5.91 Å². The minimum Gasteiger partial charge on any atom is -0.363 e. The van der Waals surface area contributed by atoms with Gasteiger partial charge in [0.05, 0.1) is 6.61 Å². The van der Waals surface area contributed by atoms with Crippen molar-refractivity contribution in [2.75, 3.05) is 26.7 Å². The molecule has 0 spiro atoms. The van der Waals surface area contributed by atoms with Gasteiger partial charge in [-0.2, -0.15) is 0 Å². The lowest BCUT2D eigenvalue weighted by Gasteiger charge is -2.39. The number of rotatable bonds is 3. The zero-order chi connectivity index (χ0) is 15.6. The van der Waals surface area contributed by atoms with Gasteiger partial charge in [-0.15, -0.1) is 0 Å². The minimum atomic E-state index is -0.760. The van der Waals surface area contributed by atoms with E-state index in [1.165, 1.54) is 16.3 Å². The van der Waals surface area contributed by atoms with Crippen LogP contribution in [0.5, 0.6) is 0 Å². The first-order valence-corrected chi connectivity index (χ1v) is 7.67. The van der Waals surface area contributed by atoms with Gasteiger partial charge in [-0.1, -0.05) is 36.4 Å². The first-order valence-electron chi connectivity index (χ1n) is 7.67. The van der Waals surface area contributed by atoms with Gasteiger partial charge in [0, 0.05) is 26.7 Å². The number of morpholine rings is 1. The fraction of sp³-hybridized carbons (Fsp3) is 0.389. The van der Waals surface area contributed by atoms with Crippen LogP contribution in [0.3, 0.4) is 0 Å². The molecule has 1 saturated heterocycles. The summed E-state index contributed by atoms with van der Waals surface area (Å²) in [6.07, 6.45) is 0. The summed E-state index contributed by atoms with van der Waals surface area (Å²) < 4.78 is 5.70. The van der Waals surface area contributed by atoms with Gasteiger partial charge in [-0.25, -0.2) is 0 Å². The maximum Gasteiger partial charge on any atom is 0.253 e. The van der Waals surface area contributed by atoms with E-state index in [-0.39, 0.29) is 5.91 Å². The zero-order valence-corrected chi connectivity index (χ0v) is 13.1. The molecular formula is C18H22N2O2. The standard InChI is InChI=1S/C18H22N2O2/c1-18(17(21)19-2)13-20(9-10-22-18)12-14-7-8-15-5-3-4-6-16(15)11-14/h3-8,11H,9-10,12-13H2,1-2H3,(H,19,21). The summed E-state index contributed by atoms with van der Waals surface area (Å²) in [5.74, 6) is -0.0595. The number of nitrogens with one attached hydrogen (secondary N) is 1. The van der Waals surface area contributed by atoms with Crippen molar-refractivity contribution >= 4 is 16.7 Å². The van der Waals surface area contributed by atoms with Crippen molar-refractivity contribution in [3.63, 3.8) is 0 Å². The van der Waals surface area contributed by atoms with Gasteiger partial charge in [0.15, 0.2) is 5.60 Å². The Balaban J connectivity index is 1.75. The average Bonchev–Trinajstić information content (AvgIpc) is 2.54. The van der Waals surface area contributed by atoms with E-state index in [1.54, 1.807) is 7.05 Å². The van der Waals surface area contributed by atoms with Crippen LogP contribution in [-0.4, -0.2) is 43.2 Å². The number of nitrogens with zero attached hydrogens (tertiary/aromatic N) is 1. The summed E-state index contributed by atoms with van der Waals surface area (Å²) in [7, 11) is 1.65. The quantitative estimate of drug-likeness (QED) is 0.944. The van der Waals surface area contributed by atoms with E-state index in [4.69, 9.17) is 4.74 Å². The summed E-state index contributed by atoms with van der Waals surface area (Å²) in [5, 5.41) is 5.20. The summed E-state index contributed by atoms with van der Waals surface area (Å²) in [4.78, 5) is 14.3. The molecule has 4 heteroatoms. The zero-order valence-electron chi connectivity index (χ0n) is 13.1. The minimum absolute atomic E-state index is 0.0595. The maximum atomic E-state index is 12.0. The molecule has 4 nitrogen and oxygen atoms in total. The third kappa shape index (κ3) is 2.98. The van der Waals surface area contributed by atoms with E-state index >= 15 is 0 Å². The molecule has 1 amide bonds. The predicted octanol–water partition coefficient (Wildman–Crippen LogP) is 2.18. The molecule has 1 aliphatic rings. The molecule has 116 valence electrons. The van der Waals surface area contributed by atoms with Gasteiger partial charge in [0.2, 0.25) is 0 Å². The highest BCUT2D eigenvalue weighted by atomic mass is 16.5. The monoisotopic (exact) mass is 298 g/mol. The highest BCUT2D eigenvalue weighted by Crippen LogP contribution is 2.21. The number of carbonyl (C=O) groups is 1. The number of hydrogen-bond acceptors (Lipinski definition) is 3. The maximum absolute atomic E-state index is 12.0. The molecule has 1 fully saturated rings. The Bertz CT molecular complexity index is 686. The fourth-order valence-electron chi connectivity index (χ4n) is 3.08. The lowest BCUT2D eigenvalue weighted by Crippen LogP contribution is -2.57. The lowest BCUT2D eigenvalue weighted by molar-refractivity contribution is -0.156. The first-order chi connectivity index (χ1) is 10.6. The van der Waals surface area contributed by atoms with Gasteiger partial charge in [0.1, 0.15) is 0 Å². The van der Waals surface area contributed by atoms with Crippen LogP contribution < -0.4 is 5.32 Å². The van der Waals surface area contributed by atoms with Crippen LogP contribution in [0.25, 0.3) is 10.8 Å². The van der Waals surface area contributed by atoms with Crippen molar-refractivity contribution in [3.05, 3.63) is 48.0 Å². The van der Waals surface area contributed by atoms with E-state index in [0.29, 0.717) is 13.2 Å². The summed E-state index contributed by atoms with van der Waals surface area (Å²) in [6.45, 7) is 4.73. The SMILES string of the molecule is CNC(=O)C1(C)CN(Cc2ccc3ccccc3c2)CCO1. The van der Waals surface area contributed by atoms with Crippen molar-refractivity contribution in [2.24, 2.45) is 0 Å². The van der Waals surface area contributed by atoms with Crippen LogP contribution in [0.1, 0.15) is 12.5 Å². The van der Waals surface area contributed by atoms with E-state index in [9.17, 15) is 4.79 Å². The Morgan fingerprint density at radius 1 is 1.27 bits per heavy atom.